The maximum atomic E-state index is 11.3. The molecule has 1 amide bonds. The maximum Gasteiger partial charge on any atom is 0.245 e. The number of nitrogens with zero attached hydrogens (tertiary/aromatic N) is 1. The fourth-order valence-corrected chi connectivity index (χ4v) is 3.04. The van der Waals surface area contributed by atoms with E-state index in [1.54, 1.807) is 25.1 Å². The molecule has 0 aromatic heterocycles. The van der Waals surface area contributed by atoms with Crippen molar-refractivity contribution >= 4 is 14.2 Å². The van der Waals surface area contributed by atoms with Gasteiger partial charge >= 0.3 is 0 Å². The zero-order valence-corrected chi connectivity index (χ0v) is 17.6. The van der Waals surface area contributed by atoms with Gasteiger partial charge in [0.15, 0.2) is 8.32 Å². The molecule has 136 valence electrons. The number of amides is 1. The second-order valence-corrected chi connectivity index (χ2v) is 13.0. The van der Waals surface area contributed by atoms with Gasteiger partial charge in [0.05, 0.1) is 0 Å². The third kappa shape index (κ3) is 10.7. The smallest absolute Gasteiger partial charge is 0.245 e. The number of likely N-dealkylation sites (N-methyl/N-ethyl adjacent to an activating group) is 1. The number of allylic oxidation sites excluding steroid dienone is 1. The molecule has 0 saturated carbocycles. The van der Waals surface area contributed by atoms with Crippen molar-refractivity contribution in [1.29, 1.82) is 0 Å². The Bertz CT molecular complexity index is 357. The van der Waals surface area contributed by atoms with E-state index in [1.165, 1.54) is 38.5 Å². The molecule has 0 aromatic carbocycles. The summed E-state index contributed by atoms with van der Waals surface area (Å²) in [5, 5.41) is 0.314. The van der Waals surface area contributed by atoms with Crippen molar-refractivity contribution in [1.82, 2.24) is 4.90 Å². The highest BCUT2D eigenvalue weighted by atomic mass is 28.4. The van der Waals surface area contributed by atoms with Crippen LogP contribution in [0, 0.1) is 0 Å². The second-order valence-electron chi connectivity index (χ2n) is 8.15. The highest BCUT2D eigenvalue weighted by molar-refractivity contribution is 6.74. The molecule has 0 heterocycles. The van der Waals surface area contributed by atoms with Crippen molar-refractivity contribution in [3.05, 3.63) is 12.2 Å². The number of rotatable bonds is 11. The molecule has 0 aliphatic heterocycles. The van der Waals surface area contributed by atoms with E-state index in [0.717, 1.165) is 13.0 Å². The number of hydrogen-bond donors (Lipinski definition) is 0. The van der Waals surface area contributed by atoms with Crippen LogP contribution in [0.25, 0.3) is 0 Å². The molecule has 0 N–H and O–H groups in total. The van der Waals surface area contributed by atoms with Gasteiger partial charge in [-0.25, -0.2) is 0 Å². The Balaban J connectivity index is 3.50. The molecule has 0 bridgehead atoms. The molecule has 0 spiro atoms. The fraction of sp³-hybridized carbons (Fsp3) is 0.842. The summed E-state index contributed by atoms with van der Waals surface area (Å²) in [7, 11) is 2.01. The van der Waals surface area contributed by atoms with Gasteiger partial charge in [0.25, 0.3) is 0 Å². The van der Waals surface area contributed by atoms with Crippen molar-refractivity contribution in [3.63, 3.8) is 0 Å². The summed E-state index contributed by atoms with van der Waals surface area (Å²) in [4.78, 5) is 12.9. The maximum absolute atomic E-state index is 11.3. The summed E-state index contributed by atoms with van der Waals surface area (Å²) in [6.07, 6.45) is 12.1. The van der Waals surface area contributed by atoms with Gasteiger partial charge in [-0.1, -0.05) is 52.5 Å². The van der Waals surface area contributed by atoms with Crippen molar-refractivity contribution in [2.24, 2.45) is 0 Å². The first-order valence-electron chi connectivity index (χ1n) is 9.10. The summed E-state index contributed by atoms with van der Waals surface area (Å²) in [6, 6.07) is 0. The number of carbonyl (C=O) groups is 1. The lowest BCUT2D eigenvalue weighted by Crippen LogP contribution is -2.40. The van der Waals surface area contributed by atoms with Gasteiger partial charge in [-0.15, -0.1) is 0 Å². The quantitative estimate of drug-likeness (QED) is 0.287. The monoisotopic (exact) mass is 341 g/mol. The first kappa shape index (κ1) is 22.4. The largest absolute Gasteiger partial charge is 0.417 e. The minimum absolute atomic E-state index is 0.0757. The van der Waals surface area contributed by atoms with Crippen molar-refractivity contribution in [3.8, 4) is 0 Å². The predicted molar refractivity (Wildman–Crippen MR) is 103 cm³/mol. The van der Waals surface area contributed by atoms with Crippen LogP contribution in [-0.4, -0.2) is 39.8 Å². The molecular formula is C19H39NO2Si. The molecule has 0 atom stereocenters. The first-order chi connectivity index (χ1) is 10.6. The SMILES string of the molecule is CN(C)C(=O)/C=C\CCCCCCCCO[Si](C)(C)C(C)(C)C. The highest BCUT2D eigenvalue weighted by Crippen LogP contribution is 2.36. The van der Waals surface area contributed by atoms with E-state index in [1.807, 2.05) is 6.08 Å². The third-order valence-corrected chi connectivity index (χ3v) is 9.27. The zero-order chi connectivity index (χ0) is 17.9. The summed E-state index contributed by atoms with van der Waals surface area (Å²) in [5.41, 5.74) is 0. The van der Waals surface area contributed by atoms with E-state index >= 15 is 0 Å². The molecule has 0 fully saturated rings. The van der Waals surface area contributed by atoms with Crippen LogP contribution in [0.4, 0.5) is 0 Å². The standard InChI is InChI=1S/C19H39NO2Si/c1-19(2,3)23(6,7)22-17-15-13-11-9-8-10-12-14-16-18(21)20(4)5/h14,16H,8-13,15,17H2,1-7H3/b16-14-. The van der Waals surface area contributed by atoms with Gasteiger partial charge in [-0.2, -0.15) is 0 Å². The molecule has 0 rings (SSSR count). The molecular weight excluding hydrogens is 302 g/mol. The van der Waals surface area contributed by atoms with Gasteiger partial charge < -0.3 is 9.33 Å². The normalized spacial score (nSPS) is 12.8. The third-order valence-electron chi connectivity index (χ3n) is 4.74. The van der Waals surface area contributed by atoms with Crippen molar-refractivity contribution < 1.29 is 9.22 Å². The Morgan fingerprint density at radius 2 is 1.52 bits per heavy atom. The Morgan fingerprint density at radius 1 is 1.00 bits per heavy atom. The molecule has 0 saturated heterocycles. The first-order valence-corrected chi connectivity index (χ1v) is 12.0. The van der Waals surface area contributed by atoms with E-state index in [2.05, 4.69) is 33.9 Å². The minimum Gasteiger partial charge on any atom is -0.417 e. The van der Waals surface area contributed by atoms with Crippen LogP contribution >= 0.6 is 0 Å². The Labute approximate surface area is 145 Å². The number of unbranched alkanes of at least 4 members (excludes halogenated alkanes) is 6. The molecule has 4 heteroatoms. The van der Waals surface area contributed by atoms with Gasteiger partial charge in [0.2, 0.25) is 5.91 Å². The van der Waals surface area contributed by atoms with Gasteiger partial charge in [-0.3, -0.25) is 4.79 Å². The lowest BCUT2D eigenvalue weighted by molar-refractivity contribution is -0.123. The fourth-order valence-electron chi connectivity index (χ4n) is 1.95. The van der Waals surface area contributed by atoms with Crippen molar-refractivity contribution in [2.75, 3.05) is 20.7 Å². The van der Waals surface area contributed by atoms with E-state index in [4.69, 9.17) is 4.43 Å². The van der Waals surface area contributed by atoms with E-state index in [9.17, 15) is 4.79 Å². The summed E-state index contributed by atoms with van der Waals surface area (Å²) >= 11 is 0. The Kier molecular flexibility index (Phi) is 10.7. The van der Waals surface area contributed by atoms with Crippen LogP contribution < -0.4 is 0 Å². The van der Waals surface area contributed by atoms with Crippen LogP contribution in [0.3, 0.4) is 0 Å². The van der Waals surface area contributed by atoms with Gasteiger partial charge in [0, 0.05) is 20.7 Å². The van der Waals surface area contributed by atoms with Gasteiger partial charge in [0.1, 0.15) is 0 Å². The predicted octanol–water partition coefficient (Wildman–Crippen LogP) is 5.38. The Morgan fingerprint density at radius 3 is 2.04 bits per heavy atom. The summed E-state index contributed by atoms with van der Waals surface area (Å²) in [5.74, 6) is 0.0757. The topological polar surface area (TPSA) is 29.5 Å². The van der Waals surface area contributed by atoms with Gasteiger partial charge in [-0.05, 0) is 43.5 Å². The Hall–Kier alpha value is -0.613. The molecule has 0 radical (unpaired) electrons. The molecule has 3 nitrogen and oxygen atoms in total. The lowest BCUT2D eigenvalue weighted by Gasteiger charge is -2.36. The number of carbonyl (C=O) groups excluding carboxylic acids is 1. The van der Waals surface area contributed by atoms with Crippen LogP contribution in [0.2, 0.25) is 18.1 Å². The van der Waals surface area contributed by atoms with Crippen LogP contribution in [-0.2, 0) is 9.22 Å². The molecule has 23 heavy (non-hydrogen) atoms. The van der Waals surface area contributed by atoms with E-state index in [-0.39, 0.29) is 5.91 Å². The van der Waals surface area contributed by atoms with E-state index in [0.29, 0.717) is 5.04 Å². The average molecular weight is 342 g/mol. The minimum atomic E-state index is -1.55. The zero-order valence-electron chi connectivity index (χ0n) is 16.6. The van der Waals surface area contributed by atoms with Crippen molar-refractivity contribution in [2.45, 2.75) is 83.8 Å². The molecule has 0 aromatic rings. The molecule has 0 aliphatic carbocycles. The van der Waals surface area contributed by atoms with Crippen LogP contribution in [0.15, 0.2) is 12.2 Å². The molecule has 0 aliphatic rings. The van der Waals surface area contributed by atoms with E-state index < -0.39 is 8.32 Å². The van der Waals surface area contributed by atoms with Crippen LogP contribution in [0.5, 0.6) is 0 Å². The highest BCUT2D eigenvalue weighted by Gasteiger charge is 2.36. The molecule has 0 unspecified atom stereocenters. The number of hydrogen-bond acceptors (Lipinski definition) is 2. The second kappa shape index (κ2) is 11.0. The summed E-state index contributed by atoms with van der Waals surface area (Å²) < 4.78 is 6.19. The summed E-state index contributed by atoms with van der Waals surface area (Å²) in [6.45, 7) is 12.4. The van der Waals surface area contributed by atoms with Crippen LogP contribution in [0.1, 0.15) is 65.7 Å². The average Bonchev–Trinajstić information content (AvgIpc) is 2.42. The lowest BCUT2D eigenvalue weighted by atomic mass is 10.1.